The molecule has 7 fully saturated rings. The minimum atomic E-state index is -2.23. The fourth-order valence-corrected chi connectivity index (χ4v) is 9.94. The van der Waals surface area contributed by atoms with Crippen LogP contribution >= 0.6 is 0 Å². The zero-order chi connectivity index (χ0) is 26.5. The minimum Gasteiger partial charge on any atom is -0.462 e. The van der Waals surface area contributed by atoms with Gasteiger partial charge in [-0.1, -0.05) is 39.7 Å². The largest absolute Gasteiger partial charge is 0.462 e. The molecule has 8 heteroatoms. The lowest BCUT2D eigenvalue weighted by atomic mass is 9.35. The molecule has 7 rings (SSSR count). The molecule has 0 radical (unpaired) electrons. The Hall–Kier alpha value is -1.77. The van der Waals surface area contributed by atoms with E-state index in [0.717, 1.165) is 32.1 Å². The Morgan fingerprint density at radius 3 is 2.43 bits per heavy atom. The van der Waals surface area contributed by atoms with Crippen molar-refractivity contribution in [1.82, 2.24) is 0 Å². The van der Waals surface area contributed by atoms with Gasteiger partial charge in [-0.15, -0.1) is 0 Å². The molecule has 5 saturated carbocycles. The number of carbonyl (C=O) groups is 3. The maximum Gasteiger partial charge on any atom is 0.309 e. The van der Waals surface area contributed by atoms with Crippen molar-refractivity contribution >= 4 is 17.7 Å². The van der Waals surface area contributed by atoms with E-state index in [4.69, 9.17) is 14.2 Å². The summed E-state index contributed by atoms with van der Waals surface area (Å²) in [6, 6.07) is 0. The SMILES string of the molecule is C=C1C(=O)[C@@]23C(CC[C@@H]1[C@H]2OC(=O)C1CCCCC1)[C@@]12COC3(O)[C@@H](O)[C@@H]1C(C)(C)CCC2OC(C)=O. The molecule has 8 nitrogen and oxygen atoms in total. The average molecular weight is 517 g/mol. The summed E-state index contributed by atoms with van der Waals surface area (Å²) >= 11 is 0. The number of esters is 2. The van der Waals surface area contributed by atoms with Crippen LogP contribution in [0.3, 0.4) is 0 Å². The Kier molecular flexibility index (Phi) is 5.60. The number of ketones is 1. The van der Waals surface area contributed by atoms with Crippen LogP contribution in [0.25, 0.3) is 0 Å². The van der Waals surface area contributed by atoms with Crippen molar-refractivity contribution < 1.29 is 38.8 Å². The minimum absolute atomic E-state index is 0.0622. The lowest BCUT2D eigenvalue weighted by Crippen LogP contribution is -2.86. The van der Waals surface area contributed by atoms with E-state index in [0.29, 0.717) is 31.3 Å². The molecule has 3 unspecified atom stereocenters. The summed E-state index contributed by atoms with van der Waals surface area (Å²) in [7, 11) is 0. The van der Waals surface area contributed by atoms with Gasteiger partial charge in [0.25, 0.3) is 0 Å². The van der Waals surface area contributed by atoms with Gasteiger partial charge in [-0.25, -0.2) is 0 Å². The van der Waals surface area contributed by atoms with Crippen LogP contribution < -0.4 is 0 Å². The third kappa shape index (κ3) is 2.98. The van der Waals surface area contributed by atoms with E-state index in [1.807, 2.05) is 0 Å². The van der Waals surface area contributed by atoms with Gasteiger partial charge < -0.3 is 24.4 Å². The van der Waals surface area contributed by atoms with Crippen LogP contribution in [-0.4, -0.2) is 58.6 Å². The number of fused-ring (bicyclic) bond motifs is 2. The predicted octanol–water partition coefficient (Wildman–Crippen LogP) is 3.08. The molecule has 0 aromatic rings. The zero-order valence-corrected chi connectivity index (χ0v) is 22.2. The van der Waals surface area contributed by atoms with Crippen molar-refractivity contribution in [3.05, 3.63) is 12.2 Å². The first kappa shape index (κ1) is 25.5. The van der Waals surface area contributed by atoms with E-state index in [1.165, 1.54) is 6.92 Å². The number of ether oxygens (including phenoxy) is 3. The molecule has 0 aromatic carbocycles. The number of hydrogen-bond donors (Lipinski definition) is 2. The summed E-state index contributed by atoms with van der Waals surface area (Å²) in [4.78, 5) is 40.0. The Morgan fingerprint density at radius 1 is 1.05 bits per heavy atom. The first-order valence-corrected chi connectivity index (χ1v) is 14.1. The molecular formula is C29H40O8. The molecular weight excluding hydrogens is 476 g/mol. The molecule has 0 amide bonds. The summed E-state index contributed by atoms with van der Waals surface area (Å²) in [5.41, 5.74) is -2.66. The molecule has 2 aliphatic heterocycles. The van der Waals surface area contributed by atoms with Crippen molar-refractivity contribution in [2.24, 2.45) is 39.9 Å². The summed E-state index contributed by atoms with van der Waals surface area (Å²) in [5, 5.41) is 24.3. The Balaban J connectivity index is 1.51. The molecule has 7 aliphatic rings. The van der Waals surface area contributed by atoms with Crippen LogP contribution in [0, 0.1) is 39.9 Å². The highest BCUT2D eigenvalue weighted by molar-refractivity contribution is 6.05. The van der Waals surface area contributed by atoms with Crippen molar-refractivity contribution in [3.8, 4) is 0 Å². The average Bonchev–Trinajstić information content (AvgIpc) is 2.97. The molecule has 2 saturated heterocycles. The van der Waals surface area contributed by atoms with Crippen molar-refractivity contribution in [2.75, 3.05) is 6.61 Å². The van der Waals surface area contributed by atoms with E-state index in [9.17, 15) is 24.6 Å². The monoisotopic (exact) mass is 516 g/mol. The predicted molar refractivity (Wildman–Crippen MR) is 131 cm³/mol. The van der Waals surface area contributed by atoms with Gasteiger partial charge >= 0.3 is 11.9 Å². The summed E-state index contributed by atoms with van der Waals surface area (Å²) < 4.78 is 18.3. The van der Waals surface area contributed by atoms with Gasteiger partial charge in [0.05, 0.1) is 12.5 Å². The van der Waals surface area contributed by atoms with Gasteiger partial charge in [0.2, 0.25) is 5.79 Å². The first-order valence-electron chi connectivity index (χ1n) is 14.1. The molecule has 2 heterocycles. The maximum absolute atomic E-state index is 14.3. The molecule has 204 valence electrons. The first-order chi connectivity index (χ1) is 17.4. The van der Waals surface area contributed by atoms with Crippen LogP contribution in [-0.2, 0) is 28.6 Å². The molecule has 9 atom stereocenters. The maximum atomic E-state index is 14.3. The van der Waals surface area contributed by atoms with E-state index >= 15 is 0 Å². The molecule has 0 aromatic heterocycles. The smallest absolute Gasteiger partial charge is 0.309 e. The second-order valence-corrected chi connectivity index (χ2v) is 13.3. The summed E-state index contributed by atoms with van der Waals surface area (Å²) in [6.45, 7) is 9.65. The topological polar surface area (TPSA) is 119 Å². The van der Waals surface area contributed by atoms with E-state index in [1.54, 1.807) is 0 Å². The quantitative estimate of drug-likeness (QED) is 0.434. The van der Waals surface area contributed by atoms with Crippen LogP contribution in [0.1, 0.15) is 78.6 Å². The van der Waals surface area contributed by atoms with Gasteiger partial charge in [0.1, 0.15) is 23.7 Å². The third-order valence-electron chi connectivity index (χ3n) is 11.3. The highest BCUT2D eigenvalue weighted by atomic mass is 16.7. The molecule has 4 bridgehead atoms. The van der Waals surface area contributed by atoms with Crippen LogP contribution in [0.15, 0.2) is 12.2 Å². The number of aliphatic hydroxyl groups excluding tert-OH is 1. The summed E-state index contributed by atoms with van der Waals surface area (Å²) in [6.07, 6.45) is 3.93. The lowest BCUT2D eigenvalue weighted by Gasteiger charge is -2.74. The zero-order valence-electron chi connectivity index (χ0n) is 22.2. The van der Waals surface area contributed by atoms with Gasteiger partial charge in [0, 0.05) is 24.2 Å². The standard InChI is InChI=1S/C29H40O8/c1-15-18-10-11-19-27-14-35-29(34,23(32)21(27)26(3,4)13-12-20(27)36-16(2)30)28(19,22(15)31)24(18)37-25(33)17-8-6-5-7-9-17/h17-21,23-24,32,34H,1,5-14H2,2-4H3/t18-,19?,20?,21+,23-,24+,27+,28-,29?/m0/s1. The molecule has 2 spiro atoms. The van der Waals surface area contributed by atoms with Crippen molar-refractivity contribution in [3.63, 3.8) is 0 Å². The molecule has 5 aliphatic carbocycles. The van der Waals surface area contributed by atoms with Crippen molar-refractivity contribution in [1.29, 1.82) is 0 Å². The highest BCUT2D eigenvalue weighted by Gasteiger charge is 2.88. The lowest BCUT2D eigenvalue weighted by molar-refractivity contribution is -0.458. The van der Waals surface area contributed by atoms with Gasteiger partial charge in [-0.2, -0.15) is 0 Å². The normalized spacial score (nSPS) is 48.2. The number of Topliss-reactive ketones (excluding diaryl/α,β-unsaturated/α-hetero) is 1. The highest BCUT2D eigenvalue weighted by Crippen LogP contribution is 2.77. The number of hydrogen-bond acceptors (Lipinski definition) is 8. The Morgan fingerprint density at radius 2 is 1.76 bits per heavy atom. The van der Waals surface area contributed by atoms with Crippen LogP contribution in [0.2, 0.25) is 0 Å². The van der Waals surface area contributed by atoms with Crippen LogP contribution in [0.4, 0.5) is 0 Å². The van der Waals surface area contributed by atoms with Gasteiger partial charge in [-0.05, 0) is 55.4 Å². The number of aliphatic hydroxyl groups is 2. The van der Waals surface area contributed by atoms with Gasteiger partial charge in [-0.3, -0.25) is 14.4 Å². The fourth-order valence-electron chi connectivity index (χ4n) is 9.94. The second-order valence-electron chi connectivity index (χ2n) is 13.3. The van der Waals surface area contributed by atoms with E-state index in [-0.39, 0.29) is 24.3 Å². The molecule has 37 heavy (non-hydrogen) atoms. The fraction of sp³-hybridized carbons (Fsp3) is 0.828. The van der Waals surface area contributed by atoms with Crippen molar-refractivity contribution in [2.45, 2.75) is 103 Å². The molecule has 2 N–H and O–H groups in total. The second kappa shape index (κ2) is 8.12. The Labute approximate surface area is 218 Å². The van der Waals surface area contributed by atoms with E-state index in [2.05, 4.69) is 20.4 Å². The Bertz CT molecular complexity index is 1040. The third-order valence-corrected chi connectivity index (χ3v) is 11.3. The number of carbonyl (C=O) groups excluding carboxylic acids is 3. The van der Waals surface area contributed by atoms with Crippen LogP contribution in [0.5, 0.6) is 0 Å². The van der Waals surface area contributed by atoms with E-state index < -0.39 is 64.1 Å². The van der Waals surface area contributed by atoms with Gasteiger partial charge in [0.15, 0.2) is 5.78 Å². The summed E-state index contributed by atoms with van der Waals surface area (Å²) in [5.74, 6) is -5.02. The number of rotatable bonds is 3.